The minimum absolute atomic E-state index is 0.160. The van der Waals surface area contributed by atoms with Crippen LogP contribution in [0.4, 0.5) is 0 Å². The Morgan fingerprint density at radius 1 is 0.917 bits per heavy atom. The van der Waals surface area contributed by atoms with E-state index in [9.17, 15) is 0 Å². The number of rotatable bonds is 0. The molecule has 12 heavy (non-hydrogen) atoms. The van der Waals surface area contributed by atoms with Crippen molar-refractivity contribution >= 4 is 0 Å². The molecule has 0 radical (unpaired) electrons. The first-order valence-corrected chi connectivity index (χ1v) is 3.46. The second-order valence-electron chi connectivity index (χ2n) is 2.24. The molecule has 0 amide bonds. The molecule has 1 aromatic carbocycles. The molecule has 1 aromatic rings. The van der Waals surface area contributed by atoms with Gasteiger partial charge in [0, 0.05) is 0 Å². The van der Waals surface area contributed by atoms with Crippen LogP contribution in [-0.2, 0) is 9.78 Å². The molecule has 66 valence electrons. The first-order chi connectivity index (χ1) is 5.71. The highest BCUT2D eigenvalue weighted by Crippen LogP contribution is 2.12. The van der Waals surface area contributed by atoms with Crippen LogP contribution in [-0.4, -0.2) is 22.8 Å². The maximum absolute atomic E-state index is 8.12. The maximum atomic E-state index is 8.12. The summed E-state index contributed by atoms with van der Waals surface area (Å²) in [4.78, 5) is 7.67. The molecule has 2 N–H and O–H groups in total. The lowest BCUT2D eigenvalue weighted by Crippen LogP contribution is -2.46. The van der Waals surface area contributed by atoms with Crippen molar-refractivity contribution in [2.75, 3.05) is 6.61 Å². The first-order valence-electron chi connectivity index (χ1n) is 3.46. The Balaban J connectivity index is 0.000000120. The Bertz CT molecular complexity index is 177. The first kappa shape index (κ1) is 9.15. The summed E-state index contributed by atoms with van der Waals surface area (Å²) in [5, 5.41) is 16.2. The van der Waals surface area contributed by atoms with Crippen LogP contribution >= 0.6 is 0 Å². The molecule has 1 fully saturated rings. The van der Waals surface area contributed by atoms with Crippen molar-refractivity contribution in [3.05, 3.63) is 36.4 Å². The number of hydrogen-bond donors (Lipinski definition) is 2. The van der Waals surface area contributed by atoms with E-state index in [0.29, 0.717) is 0 Å². The van der Waals surface area contributed by atoms with Gasteiger partial charge in [0.15, 0.2) is 6.61 Å². The molecule has 0 saturated carbocycles. The van der Waals surface area contributed by atoms with Gasteiger partial charge in [-0.1, -0.05) is 36.4 Å². The summed E-state index contributed by atoms with van der Waals surface area (Å²) in [6, 6.07) is 12.0. The van der Waals surface area contributed by atoms with E-state index in [1.165, 1.54) is 0 Å². The molecule has 0 aromatic heterocycles. The second kappa shape index (κ2) is 4.18. The lowest BCUT2D eigenvalue weighted by molar-refractivity contribution is -0.593. The SMILES string of the molecule is OC1(O)COO1.c1ccccc1. The standard InChI is InChI=1S/C6H6.C2H4O4/c1-2-4-6-5-3-1;3-2(4)1-5-6-2/h1-6H;3-4H,1H2. The molecule has 0 unspecified atom stereocenters. The van der Waals surface area contributed by atoms with E-state index in [4.69, 9.17) is 10.2 Å². The van der Waals surface area contributed by atoms with E-state index in [0.717, 1.165) is 0 Å². The van der Waals surface area contributed by atoms with E-state index >= 15 is 0 Å². The zero-order valence-electron chi connectivity index (χ0n) is 6.38. The normalized spacial score (nSPS) is 18.5. The topological polar surface area (TPSA) is 58.9 Å². The molecule has 1 saturated heterocycles. The van der Waals surface area contributed by atoms with E-state index in [1.807, 2.05) is 36.4 Å². The lowest BCUT2D eigenvalue weighted by Gasteiger charge is -2.27. The molecule has 4 heteroatoms. The average Bonchev–Trinajstić information content (AvgIpc) is 2.06. The van der Waals surface area contributed by atoms with Gasteiger partial charge in [-0.2, -0.15) is 4.89 Å². The lowest BCUT2D eigenvalue weighted by atomic mass is 10.4. The van der Waals surface area contributed by atoms with Crippen LogP contribution in [0.5, 0.6) is 0 Å². The molecule has 4 nitrogen and oxygen atoms in total. The predicted molar refractivity (Wildman–Crippen MR) is 40.6 cm³/mol. The highest BCUT2D eigenvalue weighted by molar-refractivity contribution is 4.99. The van der Waals surface area contributed by atoms with E-state index in [1.54, 1.807) is 0 Å². The van der Waals surface area contributed by atoms with Crippen LogP contribution in [0.1, 0.15) is 0 Å². The quantitative estimate of drug-likeness (QED) is 0.433. The van der Waals surface area contributed by atoms with E-state index in [2.05, 4.69) is 9.78 Å². The van der Waals surface area contributed by atoms with Gasteiger partial charge in [0.2, 0.25) is 0 Å². The van der Waals surface area contributed by atoms with Crippen molar-refractivity contribution in [2.45, 2.75) is 5.97 Å². The minimum Gasteiger partial charge on any atom is -0.340 e. The zero-order chi connectivity index (χ0) is 8.86. The molecule has 1 aliphatic heterocycles. The minimum atomic E-state index is -2.00. The Morgan fingerprint density at radius 2 is 1.17 bits per heavy atom. The number of aliphatic hydroxyl groups is 2. The van der Waals surface area contributed by atoms with Crippen molar-refractivity contribution < 1.29 is 20.0 Å². The third kappa shape index (κ3) is 3.45. The van der Waals surface area contributed by atoms with Gasteiger partial charge in [-0.15, -0.1) is 0 Å². The summed E-state index contributed by atoms with van der Waals surface area (Å²) in [6.45, 7) is -0.160. The fraction of sp³-hybridized carbons (Fsp3) is 0.250. The predicted octanol–water partition coefficient (Wildman–Crippen LogP) is 0.273. The summed E-state index contributed by atoms with van der Waals surface area (Å²) in [7, 11) is 0. The summed E-state index contributed by atoms with van der Waals surface area (Å²) >= 11 is 0. The van der Waals surface area contributed by atoms with E-state index < -0.39 is 5.97 Å². The van der Waals surface area contributed by atoms with Gasteiger partial charge in [-0.25, -0.2) is 4.89 Å². The molecule has 2 rings (SSSR count). The van der Waals surface area contributed by atoms with Crippen LogP contribution < -0.4 is 0 Å². The van der Waals surface area contributed by atoms with Gasteiger partial charge in [-0.05, 0) is 0 Å². The molecular formula is C8H10O4. The summed E-state index contributed by atoms with van der Waals surface area (Å²) < 4.78 is 0. The van der Waals surface area contributed by atoms with Crippen molar-refractivity contribution in [2.24, 2.45) is 0 Å². The van der Waals surface area contributed by atoms with Crippen LogP contribution in [0.25, 0.3) is 0 Å². The van der Waals surface area contributed by atoms with Gasteiger partial charge in [0.25, 0.3) is 0 Å². The van der Waals surface area contributed by atoms with Gasteiger partial charge in [-0.3, -0.25) is 0 Å². The Labute approximate surface area is 69.9 Å². The third-order valence-electron chi connectivity index (χ3n) is 1.11. The smallest absolute Gasteiger partial charge is 0.334 e. The van der Waals surface area contributed by atoms with Crippen LogP contribution in [0.3, 0.4) is 0 Å². The van der Waals surface area contributed by atoms with Crippen LogP contribution in [0.2, 0.25) is 0 Å². The number of benzene rings is 1. The van der Waals surface area contributed by atoms with Crippen LogP contribution in [0, 0.1) is 0 Å². The summed E-state index contributed by atoms with van der Waals surface area (Å²) in [5.74, 6) is -2.00. The highest BCUT2D eigenvalue weighted by Gasteiger charge is 2.36. The van der Waals surface area contributed by atoms with Gasteiger partial charge in [0.1, 0.15) is 0 Å². The zero-order valence-corrected chi connectivity index (χ0v) is 6.38. The highest BCUT2D eigenvalue weighted by atomic mass is 17.3. The van der Waals surface area contributed by atoms with Crippen molar-refractivity contribution in [3.8, 4) is 0 Å². The third-order valence-corrected chi connectivity index (χ3v) is 1.11. The Morgan fingerprint density at radius 3 is 1.25 bits per heavy atom. The summed E-state index contributed by atoms with van der Waals surface area (Å²) in [6.07, 6.45) is 0. The molecule has 0 spiro atoms. The van der Waals surface area contributed by atoms with E-state index in [-0.39, 0.29) is 6.61 Å². The van der Waals surface area contributed by atoms with Crippen molar-refractivity contribution in [1.82, 2.24) is 0 Å². The molecule has 1 aliphatic rings. The molecule has 0 atom stereocenters. The average molecular weight is 170 g/mol. The van der Waals surface area contributed by atoms with Crippen LogP contribution in [0.15, 0.2) is 36.4 Å². The maximum Gasteiger partial charge on any atom is 0.334 e. The fourth-order valence-corrected chi connectivity index (χ4v) is 0.549. The number of hydrogen-bond acceptors (Lipinski definition) is 4. The largest absolute Gasteiger partial charge is 0.340 e. The van der Waals surface area contributed by atoms with Gasteiger partial charge < -0.3 is 10.2 Å². The Kier molecular flexibility index (Phi) is 3.19. The van der Waals surface area contributed by atoms with Gasteiger partial charge >= 0.3 is 5.97 Å². The Hall–Kier alpha value is -0.940. The molecule has 1 heterocycles. The molecule has 0 bridgehead atoms. The second-order valence-corrected chi connectivity index (χ2v) is 2.24. The van der Waals surface area contributed by atoms with Crippen molar-refractivity contribution in [1.29, 1.82) is 0 Å². The summed E-state index contributed by atoms with van der Waals surface area (Å²) in [5.41, 5.74) is 0. The monoisotopic (exact) mass is 170 g/mol. The fourth-order valence-electron chi connectivity index (χ4n) is 0.549. The van der Waals surface area contributed by atoms with Gasteiger partial charge in [0.05, 0.1) is 0 Å². The molecular weight excluding hydrogens is 160 g/mol. The van der Waals surface area contributed by atoms with Crippen molar-refractivity contribution in [3.63, 3.8) is 0 Å². The molecule has 0 aliphatic carbocycles.